The number of anilines is 2. The molecule has 4 nitrogen and oxygen atoms in total. The third kappa shape index (κ3) is 3.40. The summed E-state index contributed by atoms with van der Waals surface area (Å²) in [6.45, 7) is 5.39. The minimum Gasteiger partial charge on any atom is -0.478 e. The third-order valence-electron chi connectivity index (χ3n) is 3.53. The summed E-state index contributed by atoms with van der Waals surface area (Å²) in [5, 5.41) is 9.15. The Bertz CT molecular complexity index is 467. The van der Waals surface area contributed by atoms with E-state index in [1.54, 1.807) is 12.1 Å². The lowest BCUT2D eigenvalue weighted by Crippen LogP contribution is -2.28. The molecule has 0 amide bonds. The van der Waals surface area contributed by atoms with Crippen LogP contribution in [0, 0.1) is 5.92 Å². The Morgan fingerprint density at radius 3 is 2.68 bits per heavy atom. The van der Waals surface area contributed by atoms with Gasteiger partial charge in [0, 0.05) is 24.0 Å². The van der Waals surface area contributed by atoms with Crippen LogP contribution in [0.15, 0.2) is 18.2 Å². The van der Waals surface area contributed by atoms with E-state index < -0.39 is 5.97 Å². The molecule has 1 aromatic rings. The van der Waals surface area contributed by atoms with E-state index in [4.69, 9.17) is 10.8 Å². The first kappa shape index (κ1) is 13.7. The van der Waals surface area contributed by atoms with Crippen molar-refractivity contribution in [3.05, 3.63) is 23.8 Å². The first-order chi connectivity index (χ1) is 8.99. The highest BCUT2D eigenvalue weighted by atomic mass is 16.4. The number of carboxylic acids is 1. The minimum atomic E-state index is -0.959. The summed E-state index contributed by atoms with van der Waals surface area (Å²) in [4.78, 5) is 13.5. The lowest BCUT2D eigenvalue weighted by molar-refractivity contribution is 0.0698. The summed E-state index contributed by atoms with van der Waals surface area (Å²) >= 11 is 0. The van der Waals surface area contributed by atoms with Crippen LogP contribution in [-0.4, -0.2) is 23.7 Å². The highest BCUT2D eigenvalue weighted by Crippen LogP contribution is 2.33. The molecule has 1 fully saturated rings. The zero-order valence-corrected chi connectivity index (χ0v) is 11.6. The van der Waals surface area contributed by atoms with Crippen molar-refractivity contribution >= 4 is 17.3 Å². The smallest absolute Gasteiger partial charge is 0.337 e. The Morgan fingerprint density at radius 1 is 1.47 bits per heavy atom. The van der Waals surface area contributed by atoms with Gasteiger partial charge in [-0.2, -0.15) is 0 Å². The molecule has 0 radical (unpaired) electrons. The van der Waals surface area contributed by atoms with E-state index in [2.05, 4.69) is 18.7 Å². The molecule has 0 heterocycles. The van der Waals surface area contributed by atoms with Crippen LogP contribution in [0.5, 0.6) is 0 Å². The Hall–Kier alpha value is -1.71. The molecule has 0 atom stereocenters. The van der Waals surface area contributed by atoms with Gasteiger partial charge >= 0.3 is 5.97 Å². The normalized spacial score (nSPS) is 14.7. The molecule has 0 bridgehead atoms. The summed E-state index contributed by atoms with van der Waals surface area (Å²) in [6, 6.07) is 5.91. The van der Waals surface area contributed by atoms with Gasteiger partial charge in [-0.3, -0.25) is 0 Å². The molecule has 3 N–H and O–H groups in total. The maximum atomic E-state index is 11.1. The first-order valence-corrected chi connectivity index (χ1v) is 6.88. The fraction of sp³-hybridized carbons (Fsp3) is 0.533. The van der Waals surface area contributed by atoms with Gasteiger partial charge in [0.15, 0.2) is 0 Å². The molecular formula is C15H22N2O2. The van der Waals surface area contributed by atoms with Crippen molar-refractivity contribution in [2.75, 3.05) is 17.2 Å². The first-order valence-electron chi connectivity index (χ1n) is 6.88. The van der Waals surface area contributed by atoms with Crippen LogP contribution in [0.3, 0.4) is 0 Å². The molecule has 2 rings (SSSR count). The van der Waals surface area contributed by atoms with Gasteiger partial charge in [0.25, 0.3) is 0 Å². The SMILES string of the molecule is CC(C)CCN(c1ccc(N)c(C(=O)O)c1)C1CC1. The summed E-state index contributed by atoms with van der Waals surface area (Å²) in [7, 11) is 0. The number of hydrogen-bond donors (Lipinski definition) is 2. The number of benzene rings is 1. The second kappa shape index (κ2) is 5.51. The number of nitrogens with two attached hydrogens (primary N) is 1. The molecule has 1 aromatic carbocycles. The molecule has 0 unspecified atom stereocenters. The molecule has 0 spiro atoms. The average Bonchev–Trinajstić information content (AvgIpc) is 3.15. The predicted octanol–water partition coefficient (Wildman–Crippen LogP) is 2.98. The van der Waals surface area contributed by atoms with Crippen molar-refractivity contribution in [2.45, 2.75) is 39.2 Å². The number of nitrogens with zero attached hydrogens (tertiary/aromatic N) is 1. The lowest BCUT2D eigenvalue weighted by atomic mass is 10.1. The van der Waals surface area contributed by atoms with E-state index in [-0.39, 0.29) is 5.56 Å². The number of hydrogen-bond acceptors (Lipinski definition) is 3. The van der Waals surface area contributed by atoms with Gasteiger partial charge in [0.05, 0.1) is 5.56 Å². The second-order valence-electron chi connectivity index (χ2n) is 5.68. The Morgan fingerprint density at radius 2 is 2.16 bits per heavy atom. The van der Waals surface area contributed by atoms with Crippen molar-refractivity contribution in [1.29, 1.82) is 0 Å². The zero-order valence-electron chi connectivity index (χ0n) is 11.6. The number of aromatic carboxylic acids is 1. The molecule has 4 heteroatoms. The van der Waals surface area contributed by atoms with Crippen LogP contribution < -0.4 is 10.6 Å². The Balaban J connectivity index is 2.21. The van der Waals surface area contributed by atoms with Crippen LogP contribution in [0.4, 0.5) is 11.4 Å². The molecule has 1 aliphatic carbocycles. The fourth-order valence-corrected chi connectivity index (χ4v) is 2.21. The van der Waals surface area contributed by atoms with Crippen LogP contribution in [-0.2, 0) is 0 Å². The molecule has 104 valence electrons. The van der Waals surface area contributed by atoms with Gasteiger partial charge in [-0.1, -0.05) is 13.8 Å². The van der Waals surface area contributed by atoms with Crippen LogP contribution in [0.2, 0.25) is 0 Å². The zero-order chi connectivity index (χ0) is 14.0. The van der Waals surface area contributed by atoms with Gasteiger partial charge < -0.3 is 15.7 Å². The average molecular weight is 262 g/mol. The maximum absolute atomic E-state index is 11.1. The van der Waals surface area contributed by atoms with Crippen molar-refractivity contribution in [3.8, 4) is 0 Å². The number of carboxylic acid groups (broad SMARTS) is 1. The van der Waals surface area contributed by atoms with Crippen molar-refractivity contribution in [1.82, 2.24) is 0 Å². The number of carbonyl (C=O) groups is 1. The standard InChI is InChI=1S/C15H22N2O2/c1-10(2)7-8-17(11-3-4-11)12-5-6-14(16)13(9-12)15(18)19/h5-6,9-11H,3-4,7-8,16H2,1-2H3,(H,18,19). The molecule has 0 aromatic heterocycles. The summed E-state index contributed by atoms with van der Waals surface area (Å²) in [5.74, 6) is -0.312. The van der Waals surface area contributed by atoms with Crippen molar-refractivity contribution < 1.29 is 9.90 Å². The van der Waals surface area contributed by atoms with Crippen molar-refractivity contribution in [3.63, 3.8) is 0 Å². The van der Waals surface area contributed by atoms with Gasteiger partial charge in [-0.25, -0.2) is 4.79 Å². The van der Waals surface area contributed by atoms with E-state index in [0.717, 1.165) is 18.7 Å². The molecular weight excluding hydrogens is 240 g/mol. The highest BCUT2D eigenvalue weighted by molar-refractivity contribution is 5.94. The fourth-order valence-electron chi connectivity index (χ4n) is 2.21. The second-order valence-corrected chi connectivity index (χ2v) is 5.68. The molecule has 0 saturated heterocycles. The van der Waals surface area contributed by atoms with E-state index in [9.17, 15) is 4.79 Å². The van der Waals surface area contributed by atoms with Crippen LogP contribution in [0.25, 0.3) is 0 Å². The van der Waals surface area contributed by atoms with E-state index in [1.807, 2.05) is 6.07 Å². The van der Waals surface area contributed by atoms with Gasteiger partial charge in [-0.15, -0.1) is 0 Å². The summed E-state index contributed by atoms with van der Waals surface area (Å²) in [5.41, 5.74) is 7.22. The Kier molecular flexibility index (Phi) is 3.98. The monoisotopic (exact) mass is 262 g/mol. The molecule has 1 aliphatic rings. The van der Waals surface area contributed by atoms with Gasteiger partial charge in [0.1, 0.15) is 0 Å². The lowest BCUT2D eigenvalue weighted by Gasteiger charge is -2.26. The topological polar surface area (TPSA) is 66.6 Å². The summed E-state index contributed by atoms with van der Waals surface area (Å²) < 4.78 is 0. The largest absolute Gasteiger partial charge is 0.478 e. The van der Waals surface area contributed by atoms with Crippen LogP contribution >= 0.6 is 0 Å². The van der Waals surface area contributed by atoms with Gasteiger partial charge in [0.2, 0.25) is 0 Å². The van der Waals surface area contributed by atoms with E-state index in [1.165, 1.54) is 12.8 Å². The number of nitrogen functional groups attached to an aromatic ring is 1. The summed E-state index contributed by atoms with van der Waals surface area (Å²) in [6.07, 6.45) is 3.51. The quantitative estimate of drug-likeness (QED) is 0.773. The van der Waals surface area contributed by atoms with Crippen molar-refractivity contribution in [2.24, 2.45) is 5.92 Å². The highest BCUT2D eigenvalue weighted by Gasteiger charge is 2.29. The molecule has 1 saturated carbocycles. The Labute approximate surface area is 114 Å². The van der Waals surface area contributed by atoms with Gasteiger partial charge in [-0.05, 0) is 43.4 Å². The van der Waals surface area contributed by atoms with E-state index >= 15 is 0 Å². The van der Waals surface area contributed by atoms with Crippen LogP contribution in [0.1, 0.15) is 43.5 Å². The minimum absolute atomic E-state index is 0.202. The molecule has 19 heavy (non-hydrogen) atoms. The van der Waals surface area contributed by atoms with E-state index in [0.29, 0.717) is 17.6 Å². The maximum Gasteiger partial charge on any atom is 0.337 e. The third-order valence-corrected chi connectivity index (χ3v) is 3.53. The molecule has 0 aliphatic heterocycles. The predicted molar refractivity (Wildman–Crippen MR) is 77.6 cm³/mol. The number of rotatable bonds is 6.